The highest BCUT2D eigenvalue weighted by Gasteiger charge is 2.31. The Kier molecular flexibility index (Phi) is 10.6. The fraction of sp³-hybridized carbons (Fsp3) is 0.385. The molecule has 234 valence electrons. The van der Waals surface area contributed by atoms with Gasteiger partial charge < -0.3 is 4.74 Å². The van der Waals surface area contributed by atoms with E-state index < -0.39 is 23.7 Å². The maximum Gasteiger partial charge on any atom is 0.126 e. The van der Waals surface area contributed by atoms with Gasteiger partial charge in [-0.2, -0.15) is 0 Å². The van der Waals surface area contributed by atoms with Gasteiger partial charge in [-0.25, -0.2) is 8.93 Å². The van der Waals surface area contributed by atoms with Crippen LogP contribution in [0.25, 0.3) is 11.1 Å². The Balaban J connectivity index is 1.95. The molecule has 3 nitrogen and oxygen atoms in total. The van der Waals surface area contributed by atoms with Gasteiger partial charge in [0.1, 0.15) is 5.75 Å². The van der Waals surface area contributed by atoms with Crippen molar-refractivity contribution in [1.29, 1.82) is 0 Å². The average molecular weight is 628 g/mol. The van der Waals surface area contributed by atoms with Gasteiger partial charge in [-0.15, -0.1) is 0 Å². The lowest BCUT2D eigenvalue weighted by atomic mass is 9.77. The molecule has 0 aliphatic heterocycles. The molecular weight excluding hydrogens is 577 g/mol. The molecule has 0 saturated heterocycles. The van der Waals surface area contributed by atoms with Gasteiger partial charge in [0.05, 0.1) is 22.8 Å². The van der Waals surface area contributed by atoms with E-state index in [1.165, 1.54) is 21.7 Å². The van der Waals surface area contributed by atoms with Crippen LogP contribution < -0.4 is 20.1 Å². The van der Waals surface area contributed by atoms with Gasteiger partial charge in [-0.1, -0.05) is 126 Å². The number of benzene rings is 4. The second kappa shape index (κ2) is 13.7. The van der Waals surface area contributed by atoms with Crippen molar-refractivity contribution in [2.75, 3.05) is 13.3 Å². The van der Waals surface area contributed by atoms with Crippen LogP contribution in [0.1, 0.15) is 85.0 Å². The Hall–Kier alpha value is -2.78. The molecule has 0 saturated carbocycles. The predicted molar refractivity (Wildman–Crippen MR) is 194 cm³/mol. The van der Waals surface area contributed by atoms with Crippen molar-refractivity contribution < 1.29 is 8.95 Å². The van der Waals surface area contributed by atoms with Crippen LogP contribution in [0, 0.1) is 0 Å². The highest BCUT2D eigenvalue weighted by Crippen LogP contribution is 2.45. The molecule has 5 heteroatoms. The van der Waals surface area contributed by atoms with Crippen LogP contribution in [0.2, 0.25) is 0 Å². The summed E-state index contributed by atoms with van der Waals surface area (Å²) in [6, 6.07) is 34.7. The first-order chi connectivity index (χ1) is 20.6. The van der Waals surface area contributed by atoms with Crippen LogP contribution in [-0.4, -0.2) is 22.2 Å². The van der Waals surface area contributed by atoms with E-state index in [0.29, 0.717) is 0 Å². The highest BCUT2D eigenvalue weighted by molar-refractivity contribution is 7.84. The molecule has 0 spiro atoms. The Bertz CT molecular complexity index is 1490. The molecule has 0 fully saturated rings. The molecule has 0 amide bonds. The second-order valence-corrected chi connectivity index (χ2v) is 18.8. The smallest absolute Gasteiger partial charge is 0.126 e. The SMILES string of the molecule is COc1c(C(C)(C)C)cc(-c2ccccc2C(CP(c2ccccc2)c2ccccc2)N[S@](=O)C(C)(C)C)cc1C(C)(C)C. The highest BCUT2D eigenvalue weighted by atomic mass is 32.2. The number of rotatable bonds is 9. The molecule has 4 aromatic rings. The van der Waals surface area contributed by atoms with E-state index in [9.17, 15) is 4.21 Å². The first-order valence-electron chi connectivity index (χ1n) is 15.5. The van der Waals surface area contributed by atoms with Crippen molar-refractivity contribution in [3.63, 3.8) is 0 Å². The molecule has 0 aromatic heterocycles. The monoisotopic (exact) mass is 627 g/mol. The van der Waals surface area contributed by atoms with Crippen molar-refractivity contribution >= 4 is 29.5 Å². The van der Waals surface area contributed by atoms with E-state index in [1.54, 1.807) is 7.11 Å². The maximum atomic E-state index is 13.8. The molecule has 0 heterocycles. The van der Waals surface area contributed by atoms with E-state index in [-0.39, 0.29) is 16.9 Å². The van der Waals surface area contributed by atoms with E-state index in [2.05, 4.69) is 143 Å². The van der Waals surface area contributed by atoms with Crippen LogP contribution in [-0.2, 0) is 21.8 Å². The van der Waals surface area contributed by atoms with E-state index >= 15 is 0 Å². The van der Waals surface area contributed by atoms with E-state index in [1.807, 2.05) is 20.8 Å². The number of methoxy groups -OCH3 is 1. The summed E-state index contributed by atoms with van der Waals surface area (Å²) in [5, 5.41) is 2.63. The third kappa shape index (κ3) is 8.08. The summed E-state index contributed by atoms with van der Waals surface area (Å²) >= 11 is 0. The summed E-state index contributed by atoms with van der Waals surface area (Å²) in [5.41, 5.74) is 5.63. The molecule has 0 aliphatic rings. The van der Waals surface area contributed by atoms with Crippen LogP contribution in [0.5, 0.6) is 5.75 Å². The predicted octanol–water partition coefficient (Wildman–Crippen LogP) is 9.18. The Morgan fingerprint density at radius 1 is 0.705 bits per heavy atom. The van der Waals surface area contributed by atoms with Gasteiger partial charge in [0.25, 0.3) is 0 Å². The first kappa shape index (κ1) is 34.1. The van der Waals surface area contributed by atoms with Gasteiger partial charge in [-0.05, 0) is 85.1 Å². The van der Waals surface area contributed by atoms with E-state index in [0.717, 1.165) is 28.6 Å². The molecule has 1 unspecified atom stereocenters. The zero-order valence-electron chi connectivity index (χ0n) is 28.2. The zero-order chi connectivity index (χ0) is 32.3. The number of nitrogens with one attached hydrogen (secondary N) is 1. The average Bonchev–Trinajstić information content (AvgIpc) is 2.98. The lowest BCUT2D eigenvalue weighted by Crippen LogP contribution is -2.37. The third-order valence-electron chi connectivity index (χ3n) is 7.86. The molecule has 0 bridgehead atoms. The van der Waals surface area contributed by atoms with Crippen molar-refractivity contribution in [2.24, 2.45) is 0 Å². The van der Waals surface area contributed by atoms with Crippen molar-refractivity contribution in [3.8, 4) is 16.9 Å². The second-order valence-electron chi connectivity index (χ2n) is 14.5. The standard InChI is InChI=1S/C39H50NO2PS/c1-37(2,3)33-25-28(26-34(36(33)42-10)38(4,5)6)31-23-17-18-24-32(31)35(40-44(41)39(7,8)9)27-43(29-19-13-11-14-20-29)30-21-15-12-16-22-30/h11-26,35,40H,27H2,1-10H3/t35?,44-/m1/s1. The van der Waals surface area contributed by atoms with Crippen molar-refractivity contribution in [3.05, 3.63) is 114 Å². The first-order valence-corrected chi connectivity index (χ1v) is 18.2. The minimum Gasteiger partial charge on any atom is -0.496 e. The van der Waals surface area contributed by atoms with Crippen LogP contribution in [0.4, 0.5) is 0 Å². The molecule has 0 aliphatic carbocycles. The number of ether oxygens (including phenoxy) is 1. The Morgan fingerprint density at radius 2 is 1.16 bits per heavy atom. The Morgan fingerprint density at radius 3 is 1.59 bits per heavy atom. The van der Waals surface area contributed by atoms with Crippen molar-refractivity contribution in [2.45, 2.75) is 83.9 Å². The summed E-state index contributed by atoms with van der Waals surface area (Å²) in [5.74, 6) is 0.964. The van der Waals surface area contributed by atoms with Gasteiger partial charge in [0, 0.05) is 17.2 Å². The lowest BCUT2D eigenvalue weighted by molar-refractivity contribution is 0.381. The minimum atomic E-state index is -1.26. The molecular formula is C39H50NO2PS. The number of hydrogen-bond donors (Lipinski definition) is 1. The molecule has 0 radical (unpaired) electrons. The van der Waals surface area contributed by atoms with E-state index in [4.69, 9.17) is 4.74 Å². The summed E-state index contributed by atoms with van der Waals surface area (Å²) in [6.45, 7) is 19.6. The normalized spacial score (nSPS) is 14.0. The molecule has 1 N–H and O–H groups in total. The molecule has 44 heavy (non-hydrogen) atoms. The van der Waals surface area contributed by atoms with Crippen LogP contribution >= 0.6 is 7.92 Å². The van der Waals surface area contributed by atoms with Gasteiger partial charge in [0.15, 0.2) is 0 Å². The number of hydrogen-bond acceptors (Lipinski definition) is 2. The largest absolute Gasteiger partial charge is 0.496 e. The molecule has 4 aromatic carbocycles. The zero-order valence-corrected chi connectivity index (χ0v) is 29.9. The van der Waals surface area contributed by atoms with Crippen LogP contribution in [0.15, 0.2) is 97.1 Å². The maximum absolute atomic E-state index is 13.8. The summed E-state index contributed by atoms with van der Waals surface area (Å²) in [7, 11) is -0.217. The molecule has 4 rings (SSSR count). The third-order valence-corrected chi connectivity index (χ3v) is 12.0. The van der Waals surface area contributed by atoms with Gasteiger partial charge in [-0.3, -0.25) is 0 Å². The lowest BCUT2D eigenvalue weighted by Gasteiger charge is -2.32. The summed E-state index contributed by atoms with van der Waals surface area (Å²) in [6.07, 6.45) is 0.816. The fourth-order valence-electron chi connectivity index (χ4n) is 5.45. The minimum absolute atomic E-state index is 0.114. The summed E-state index contributed by atoms with van der Waals surface area (Å²) < 4.78 is 23.1. The van der Waals surface area contributed by atoms with Crippen LogP contribution in [0.3, 0.4) is 0 Å². The van der Waals surface area contributed by atoms with Gasteiger partial charge >= 0.3 is 0 Å². The van der Waals surface area contributed by atoms with Gasteiger partial charge in [0.2, 0.25) is 0 Å². The Labute approximate surface area is 270 Å². The molecule has 2 atom stereocenters. The quantitative estimate of drug-likeness (QED) is 0.188. The summed E-state index contributed by atoms with van der Waals surface area (Å²) in [4.78, 5) is 0. The fourth-order valence-corrected chi connectivity index (χ4v) is 8.83. The topological polar surface area (TPSA) is 38.3 Å². The van der Waals surface area contributed by atoms with Crippen molar-refractivity contribution in [1.82, 2.24) is 4.72 Å².